The third kappa shape index (κ3) is 2.74. The first kappa shape index (κ1) is 12.3. The highest BCUT2D eigenvalue weighted by Gasteiger charge is 2.25. The molecule has 94 valence electrons. The second-order valence-electron chi connectivity index (χ2n) is 4.75. The molecule has 0 aromatic carbocycles. The van der Waals surface area contributed by atoms with Crippen LogP contribution < -0.4 is 5.73 Å². The minimum atomic E-state index is 0.309. The zero-order valence-electron chi connectivity index (χ0n) is 10.2. The molecule has 1 saturated heterocycles. The van der Waals surface area contributed by atoms with Gasteiger partial charge in [0.05, 0.1) is 0 Å². The highest BCUT2D eigenvalue weighted by molar-refractivity contribution is 7.80. The molecule has 1 aromatic rings. The van der Waals surface area contributed by atoms with Crippen LogP contribution in [0.2, 0.25) is 0 Å². The Labute approximate surface area is 106 Å². The molecule has 1 aromatic heterocycles. The van der Waals surface area contributed by atoms with Gasteiger partial charge in [0.15, 0.2) is 10.9 Å². The van der Waals surface area contributed by atoms with Gasteiger partial charge in [-0.05, 0) is 25.1 Å². The molecule has 0 bridgehead atoms. The van der Waals surface area contributed by atoms with Crippen LogP contribution in [0.25, 0.3) is 0 Å². The van der Waals surface area contributed by atoms with E-state index in [2.05, 4.69) is 24.0 Å². The van der Waals surface area contributed by atoms with Gasteiger partial charge in [0.1, 0.15) is 0 Å². The van der Waals surface area contributed by atoms with Crippen LogP contribution >= 0.6 is 12.2 Å². The van der Waals surface area contributed by atoms with Gasteiger partial charge in [-0.2, -0.15) is 4.98 Å². The molecule has 1 aliphatic rings. The highest BCUT2D eigenvalue weighted by atomic mass is 32.1. The number of nitrogens with two attached hydrogens (primary N) is 1. The molecule has 5 nitrogen and oxygen atoms in total. The second-order valence-corrected chi connectivity index (χ2v) is 5.16. The zero-order valence-corrected chi connectivity index (χ0v) is 11.0. The van der Waals surface area contributed by atoms with Crippen LogP contribution in [0.4, 0.5) is 0 Å². The summed E-state index contributed by atoms with van der Waals surface area (Å²) < 4.78 is 5.32. The van der Waals surface area contributed by atoms with E-state index in [1.807, 2.05) is 4.90 Å². The number of thiocarbonyl (C=S) groups is 1. The fourth-order valence-electron chi connectivity index (χ4n) is 1.99. The van der Waals surface area contributed by atoms with Gasteiger partial charge in [-0.1, -0.05) is 19.0 Å². The Balaban J connectivity index is 1.98. The van der Waals surface area contributed by atoms with Crippen molar-refractivity contribution < 1.29 is 4.52 Å². The lowest BCUT2D eigenvalue weighted by molar-refractivity contribution is 0.265. The van der Waals surface area contributed by atoms with E-state index in [0.717, 1.165) is 37.6 Å². The van der Waals surface area contributed by atoms with Gasteiger partial charge in [-0.3, -0.25) is 0 Å². The van der Waals surface area contributed by atoms with Crippen LogP contribution in [0.1, 0.15) is 50.2 Å². The smallest absolute Gasteiger partial charge is 0.229 e. The standard InChI is InChI=1S/C11H18N4OS/c1-7(2)9-13-10(16-14-9)8-3-5-15(6-4-8)11(12)17/h7-8H,3-6H2,1-2H3,(H2,12,17). The number of likely N-dealkylation sites (tertiary alicyclic amines) is 1. The van der Waals surface area contributed by atoms with E-state index in [0.29, 0.717) is 16.9 Å². The predicted molar refractivity (Wildman–Crippen MR) is 68.7 cm³/mol. The van der Waals surface area contributed by atoms with Gasteiger partial charge in [0, 0.05) is 24.9 Å². The minimum absolute atomic E-state index is 0.309. The van der Waals surface area contributed by atoms with Crippen molar-refractivity contribution in [2.45, 2.75) is 38.5 Å². The lowest BCUT2D eigenvalue weighted by Gasteiger charge is -2.30. The summed E-state index contributed by atoms with van der Waals surface area (Å²) in [6.07, 6.45) is 1.94. The molecular formula is C11H18N4OS. The fourth-order valence-corrected chi connectivity index (χ4v) is 2.18. The molecule has 0 spiro atoms. The number of aromatic nitrogens is 2. The van der Waals surface area contributed by atoms with Crippen LogP contribution in [-0.2, 0) is 0 Å². The second kappa shape index (κ2) is 5.00. The van der Waals surface area contributed by atoms with Gasteiger partial charge in [0.2, 0.25) is 5.89 Å². The first-order chi connectivity index (χ1) is 8.08. The quantitative estimate of drug-likeness (QED) is 0.809. The van der Waals surface area contributed by atoms with Crippen molar-refractivity contribution in [3.8, 4) is 0 Å². The largest absolute Gasteiger partial charge is 0.376 e. The van der Waals surface area contributed by atoms with E-state index in [4.69, 9.17) is 22.5 Å². The average molecular weight is 254 g/mol. The number of hydrogen-bond acceptors (Lipinski definition) is 4. The molecule has 2 heterocycles. The molecule has 2 N–H and O–H groups in total. The maximum atomic E-state index is 5.60. The SMILES string of the molecule is CC(C)c1noc(C2CCN(C(N)=S)CC2)n1. The summed E-state index contributed by atoms with van der Waals surface area (Å²) in [5.41, 5.74) is 5.60. The maximum Gasteiger partial charge on any atom is 0.229 e. The Hall–Kier alpha value is -1.17. The normalized spacial score (nSPS) is 17.7. The molecule has 0 unspecified atom stereocenters. The third-order valence-electron chi connectivity index (χ3n) is 3.13. The first-order valence-electron chi connectivity index (χ1n) is 5.95. The van der Waals surface area contributed by atoms with E-state index < -0.39 is 0 Å². The molecule has 1 aliphatic heterocycles. The van der Waals surface area contributed by atoms with Crippen molar-refractivity contribution in [2.75, 3.05) is 13.1 Å². The van der Waals surface area contributed by atoms with Gasteiger partial charge in [-0.15, -0.1) is 0 Å². The summed E-state index contributed by atoms with van der Waals surface area (Å²) in [5, 5.41) is 4.48. The number of rotatable bonds is 2. The van der Waals surface area contributed by atoms with Crippen molar-refractivity contribution in [1.82, 2.24) is 15.0 Å². The first-order valence-corrected chi connectivity index (χ1v) is 6.36. The molecule has 0 radical (unpaired) electrons. The summed E-state index contributed by atoms with van der Waals surface area (Å²) in [5.74, 6) is 2.21. The maximum absolute atomic E-state index is 5.60. The van der Waals surface area contributed by atoms with Crippen LogP contribution in [0.15, 0.2) is 4.52 Å². The Kier molecular flexibility index (Phi) is 3.61. The molecule has 0 aliphatic carbocycles. The summed E-state index contributed by atoms with van der Waals surface area (Å²) >= 11 is 4.96. The van der Waals surface area contributed by atoms with E-state index >= 15 is 0 Å². The summed E-state index contributed by atoms with van der Waals surface area (Å²) in [7, 11) is 0. The highest BCUT2D eigenvalue weighted by Crippen LogP contribution is 2.27. The van der Waals surface area contributed by atoms with Crippen LogP contribution in [-0.4, -0.2) is 33.2 Å². The van der Waals surface area contributed by atoms with Gasteiger partial charge in [0.25, 0.3) is 0 Å². The Bertz CT molecular complexity index is 396. The number of hydrogen-bond donors (Lipinski definition) is 1. The monoisotopic (exact) mass is 254 g/mol. The molecule has 1 fully saturated rings. The predicted octanol–water partition coefficient (Wildman–Crippen LogP) is 1.62. The van der Waals surface area contributed by atoms with Gasteiger partial charge < -0.3 is 15.2 Å². The average Bonchev–Trinajstić information content (AvgIpc) is 2.78. The molecule has 0 amide bonds. The van der Waals surface area contributed by atoms with E-state index in [1.165, 1.54) is 0 Å². The van der Waals surface area contributed by atoms with E-state index in [9.17, 15) is 0 Å². The van der Waals surface area contributed by atoms with Crippen molar-refractivity contribution in [3.63, 3.8) is 0 Å². The van der Waals surface area contributed by atoms with E-state index in [-0.39, 0.29) is 0 Å². The van der Waals surface area contributed by atoms with Gasteiger partial charge in [-0.25, -0.2) is 0 Å². The third-order valence-corrected chi connectivity index (χ3v) is 3.39. The summed E-state index contributed by atoms with van der Waals surface area (Å²) in [6.45, 7) is 5.87. The summed E-state index contributed by atoms with van der Waals surface area (Å²) in [6, 6.07) is 0. The molecule has 6 heteroatoms. The van der Waals surface area contributed by atoms with Crippen molar-refractivity contribution >= 4 is 17.3 Å². The molecule has 0 saturated carbocycles. The van der Waals surface area contributed by atoms with Crippen LogP contribution in [0, 0.1) is 0 Å². The van der Waals surface area contributed by atoms with Crippen molar-refractivity contribution in [1.29, 1.82) is 0 Å². The van der Waals surface area contributed by atoms with Crippen molar-refractivity contribution in [3.05, 3.63) is 11.7 Å². The molecule has 2 rings (SSSR count). The fraction of sp³-hybridized carbons (Fsp3) is 0.727. The zero-order chi connectivity index (χ0) is 12.4. The van der Waals surface area contributed by atoms with Crippen LogP contribution in [0.3, 0.4) is 0 Å². The molecule has 0 atom stereocenters. The molecule has 17 heavy (non-hydrogen) atoms. The van der Waals surface area contributed by atoms with E-state index in [1.54, 1.807) is 0 Å². The Morgan fingerprint density at radius 2 is 2.12 bits per heavy atom. The Morgan fingerprint density at radius 3 is 2.59 bits per heavy atom. The van der Waals surface area contributed by atoms with Crippen molar-refractivity contribution in [2.24, 2.45) is 5.73 Å². The summed E-state index contributed by atoms with van der Waals surface area (Å²) in [4.78, 5) is 6.46. The number of piperidine rings is 1. The van der Waals surface area contributed by atoms with Crippen LogP contribution in [0.5, 0.6) is 0 Å². The minimum Gasteiger partial charge on any atom is -0.376 e. The Morgan fingerprint density at radius 1 is 1.47 bits per heavy atom. The van der Waals surface area contributed by atoms with Gasteiger partial charge >= 0.3 is 0 Å². The topological polar surface area (TPSA) is 68.2 Å². The lowest BCUT2D eigenvalue weighted by atomic mass is 9.97. The molecular weight excluding hydrogens is 236 g/mol. The lowest BCUT2D eigenvalue weighted by Crippen LogP contribution is -2.41. The number of nitrogens with zero attached hydrogens (tertiary/aromatic N) is 3.